The molecule has 2 aromatic rings. The van der Waals surface area contributed by atoms with Crippen molar-refractivity contribution < 1.29 is 9.53 Å². The average Bonchev–Trinajstić information content (AvgIpc) is 2.52. The summed E-state index contributed by atoms with van der Waals surface area (Å²) in [7, 11) is 3.26. The van der Waals surface area contributed by atoms with Gasteiger partial charge in [-0.3, -0.25) is 0 Å². The molecule has 2 rings (SSSR count). The van der Waals surface area contributed by atoms with E-state index in [4.69, 9.17) is 4.74 Å². The molecule has 4 nitrogen and oxygen atoms in total. The molecule has 78 valence electrons. The quantitative estimate of drug-likeness (QED) is 0.597. The van der Waals surface area contributed by atoms with Crippen LogP contribution in [0.2, 0.25) is 0 Å². The molecular weight excluding hydrogens is 307 g/mol. The second-order valence-electron chi connectivity index (χ2n) is 3.09. The first-order chi connectivity index (χ1) is 7.16. The highest BCUT2D eigenvalue weighted by Crippen LogP contribution is 2.25. The molecule has 5 heteroatoms. The molecule has 0 saturated heterocycles. The number of esters is 1. The second kappa shape index (κ2) is 3.80. The van der Waals surface area contributed by atoms with Crippen molar-refractivity contribution in [2.45, 2.75) is 0 Å². The molecule has 0 atom stereocenters. The maximum atomic E-state index is 11.6. The monoisotopic (exact) mass is 316 g/mol. The fraction of sp³-hybridized carbons (Fsp3) is 0.200. The lowest BCUT2D eigenvalue weighted by atomic mass is 10.2. The Morgan fingerprint density at radius 3 is 3.00 bits per heavy atom. The number of ether oxygens (including phenoxy) is 1. The summed E-state index contributed by atoms with van der Waals surface area (Å²) in [6.07, 6.45) is 1.71. The first-order valence-corrected chi connectivity index (χ1v) is 5.42. The van der Waals surface area contributed by atoms with E-state index in [1.54, 1.807) is 6.20 Å². The topological polar surface area (TPSA) is 44.1 Å². The van der Waals surface area contributed by atoms with E-state index in [0.717, 1.165) is 14.7 Å². The van der Waals surface area contributed by atoms with Gasteiger partial charge in [0, 0.05) is 18.6 Å². The van der Waals surface area contributed by atoms with Gasteiger partial charge in [0.1, 0.15) is 11.2 Å². The lowest BCUT2D eigenvalue weighted by molar-refractivity contribution is 0.0601. The SMILES string of the molecule is COC(=O)c1c(I)n(C)c2ncccc12. The molecular formula is C10H9IN2O2. The Hall–Kier alpha value is -1.11. The van der Waals surface area contributed by atoms with Gasteiger partial charge in [-0.05, 0) is 34.7 Å². The lowest BCUT2D eigenvalue weighted by Gasteiger charge is -1.97. The number of hydrogen-bond donors (Lipinski definition) is 0. The Kier molecular flexibility index (Phi) is 2.64. The van der Waals surface area contributed by atoms with Crippen LogP contribution in [0, 0.1) is 3.70 Å². The van der Waals surface area contributed by atoms with Crippen LogP contribution in [-0.2, 0) is 11.8 Å². The average molecular weight is 316 g/mol. The zero-order valence-electron chi connectivity index (χ0n) is 8.32. The van der Waals surface area contributed by atoms with Crippen LogP contribution in [0.4, 0.5) is 0 Å². The van der Waals surface area contributed by atoms with Gasteiger partial charge in [0.25, 0.3) is 0 Å². The van der Waals surface area contributed by atoms with E-state index in [9.17, 15) is 4.79 Å². The summed E-state index contributed by atoms with van der Waals surface area (Å²) in [5.41, 5.74) is 1.38. The largest absolute Gasteiger partial charge is 0.465 e. The Bertz CT molecular complexity index is 533. The minimum Gasteiger partial charge on any atom is -0.465 e. The Balaban J connectivity index is 2.83. The molecule has 0 unspecified atom stereocenters. The number of halogens is 1. The Morgan fingerprint density at radius 2 is 2.33 bits per heavy atom. The van der Waals surface area contributed by atoms with E-state index in [0.29, 0.717) is 5.56 Å². The van der Waals surface area contributed by atoms with Crippen LogP contribution >= 0.6 is 22.6 Å². The fourth-order valence-electron chi connectivity index (χ4n) is 1.53. The van der Waals surface area contributed by atoms with Crippen LogP contribution < -0.4 is 0 Å². The third-order valence-corrected chi connectivity index (χ3v) is 3.53. The minimum absolute atomic E-state index is 0.321. The molecule has 15 heavy (non-hydrogen) atoms. The van der Waals surface area contributed by atoms with Gasteiger partial charge in [-0.2, -0.15) is 0 Å². The van der Waals surface area contributed by atoms with Crippen LogP contribution in [0.15, 0.2) is 18.3 Å². The minimum atomic E-state index is -0.321. The zero-order valence-corrected chi connectivity index (χ0v) is 10.5. The second-order valence-corrected chi connectivity index (χ2v) is 4.11. The number of carbonyl (C=O) groups is 1. The van der Waals surface area contributed by atoms with Gasteiger partial charge in [0.15, 0.2) is 0 Å². The van der Waals surface area contributed by atoms with Gasteiger partial charge in [0.05, 0.1) is 10.8 Å². The van der Waals surface area contributed by atoms with Gasteiger partial charge >= 0.3 is 5.97 Å². The highest BCUT2D eigenvalue weighted by molar-refractivity contribution is 14.1. The van der Waals surface area contributed by atoms with Crippen molar-refractivity contribution in [3.05, 3.63) is 27.6 Å². The van der Waals surface area contributed by atoms with E-state index < -0.39 is 0 Å². The van der Waals surface area contributed by atoms with Gasteiger partial charge in [-0.15, -0.1) is 0 Å². The fourth-order valence-corrected chi connectivity index (χ4v) is 2.27. The number of hydrogen-bond acceptors (Lipinski definition) is 3. The molecule has 0 aliphatic rings. The predicted molar refractivity (Wildman–Crippen MR) is 64.8 cm³/mol. The molecule has 0 radical (unpaired) electrons. The molecule has 2 aromatic heterocycles. The van der Waals surface area contributed by atoms with Crippen molar-refractivity contribution in [1.82, 2.24) is 9.55 Å². The van der Waals surface area contributed by atoms with Gasteiger partial charge in [-0.25, -0.2) is 9.78 Å². The van der Waals surface area contributed by atoms with Crippen LogP contribution in [0.3, 0.4) is 0 Å². The van der Waals surface area contributed by atoms with Crippen LogP contribution in [-0.4, -0.2) is 22.6 Å². The lowest BCUT2D eigenvalue weighted by Crippen LogP contribution is -2.03. The Labute approximate surface area is 100 Å². The number of rotatable bonds is 1. The number of fused-ring (bicyclic) bond motifs is 1. The first-order valence-electron chi connectivity index (χ1n) is 4.34. The van der Waals surface area contributed by atoms with E-state index in [2.05, 4.69) is 27.6 Å². The van der Waals surface area contributed by atoms with Crippen LogP contribution in [0.5, 0.6) is 0 Å². The number of aryl methyl sites for hydroxylation is 1. The third kappa shape index (κ3) is 1.50. The van der Waals surface area contributed by atoms with Crippen LogP contribution in [0.25, 0.3) is 11.0 Å². The number of carbonyl (C=O) groups excluding carboxylic acids is 1. The Morgan fingerprint density at radius 1 is 1.60 bits per heavy atom. The molecule has 0 saturated carbocycles. The van der Waals surface area contributed by atoms with Crippen LogP contribution in [0.1, 0.15) is 10.4 Å². The molecule has 0 aliphatic heterocycles. The molecule has 0 aromatic carbocycles. The van der Waals surface area contributed by atoms with Crippen molar-refractivity contribution in [2.24, 2.45) is 7.05 Å². The number of nitrogens with zero attached hydrogens (tertiary/aromatic N) is 2. The first kappa shape index (κ1) is 10.4. The summed E-state index contributed by atoms with van der Waals surface area (Å²) < 4.78 is 7.47. The normalized spacial score (nSPS) is 10.6. The number of methoxy groups -OCH3 is 1. The molecule has 0 amide bonds. The summed E-state index contributed by atoms with van der Waals surface area (Å²) in [4.78, 5) is 15.8. The van der Waals surface area contributed by atoms with Gasteiger partial charge in [-0.1, -0.05) is 0 Å². The summed E-state index contributed by atoms with van der Waals surface area (Å²) in [5.74, 6) is -0.321. The third-order valence-electron chi connectivity index (χ3n) is 2.26. The molecule has 0 aliphatic carbocycles. The van der Waals surface area contributed by atoms with Crippen molar-refractivity contribution in [1.29, 1.82) is 0 Å². The van der Waals surface area contributed by atoms with Crippen molar-refractivity contribution >= 4 is 39.6 Å². The van der Waals surface area contributed by atoms with Gasteiger partial charge < -0.3 is 9.30 Å². The summed E-state index contributed by atoms with van der Waals surface area (Å²) in [5, 5.41) is 0.830. The smallest absolute Gasteiger partial charge is 0.341 e. The molecule has 0 N–H and O–H groups in total. The summed E-state index contributed by atoms with van der Waals surface area (Å²) in [6, 6.07) is 3.68. The summed E-state index contributed by atoms with van der Waals surface area (Å²) >= 11 is 2.12. The van der Waals surface area contributed by atoms with E-state index in [-0.39, 0.29) is 5.97 Å². The highest BCUT2D eigenvalue weighted by atomic mass is 127. The van der Waals surface area contributed by atoms with E-state index in [1.165, 1.54) is 7.11 Å². The van der Waals surface area contributed by atoms with Crippen molar-refractivity contribution in [3.63, 3.8) is 0 Å². The van der Waals surface area contributed by atoms with E-state index >= 15 is 0 Å². The van der Waals surface area contributed by atoms with Crippen molar-refractivity contribution in [3.8, 4) is 0 Å². The van der Waals surface area contributed by atoms with Crippen molar-refractivity contribution in [2.75, 3.05) is 7.11 Å². The molecule has 2 heterocycles. The maximum absolute atomic E-state index is 11.6. The number of aromatic nitrogens is 2. The number of pyridine rings is 1. The standard InChI is InChI=1S/C10H9IN2O2/c1-13-8(11)7(10(14)15-2)6-4-3-5-12-9(6)13/h3-5H,1-2H3. The molecule has 0 spiro atoms. The molecule has 0 fully saturated rings. The predicted octanol–water partition coefficient (Wildman–Crippen LogP) is 1.96. The van der Waals surface area contributed by atoms with Gasteiger partial charge in [0.2, 0.25) is 0 Å². The molecule has 0 bridgehead atoms. The zero-order chi connectivity index (χ0) is 11.0. The maximum Gasteiger partial charge on any atom is 0.341 e. The highest BCUT2D eigenvalue weighted by Gasteiger charge is 2.20. The van der Waals surface area contributed by atoms with E-state index in [1.807, 2.05) is 23.7 Å². The summed E-state index contributed by atoms with van der Waals surface area (Å²) in [6.45, 7) is 0.